The number of hydrogen-bond acceptors (Lipinski definition) is 3. The molecule has 0 saturated heterocycles. The lowest BCUT2D eigenvalue weighted by molar-refractivity contribution is 0.626. The Bertz CT molecular complexity index is 1330. The highest BCUT2D eigenvalue weighted by Gasteiger charge is 2.19. The van der Waals surface area contributed by atoms with Gasteiger partial charge < -0.3 is 4.57 Å². The molecule has 0 saturated carbocycles. The summed E-state index contributed by atoms with van der Waals surface area (Å²) >= 11 is 0. The van der Waals surface area contributed by atoms with E-state index in [-0.39, 0.29) is 12.2 Å². The molecule has 0 bridgehead atoms. The molecule has 2 aromatic heterocycles. The fourth-order valence-electron chi connectivity index (χ4n) is 3.38. The first-order chi connectivity index (χ1) is 14.0. The highest BCUT2D eigenvalue weighted by atomic mass is 19.1. The van der Waals surface area contributed by atoms with Gasteiger partial charge in [-0.05, 0) is 42.3 Å². The Morgan fingerprint density at radius 2 is 1.83 bits per heavy atom. The lowest BCUT2D eigenvalue weighted by Crippen LogP contribution is -2.39. The minimum absolute atomic E-state index is 0.0599. The SMILES string of the molecule is C=CCn1c(=O)c2c(ncn2Cc2ccccc2C)n(-c2ccc(F)cc2)c1=O. The number of halogens is 1. The summed E-state index contributed by atoms with van der Waals surface area (Å²) in [6, 6.07) is 13.4. The number of aryl methyl sites for hydroxylation is 1. The van der Waals surface area contributed by atoms with Crippen molar-refractivity contribution in [2.24, 2.45) is 0 Å². The molecule has 0 aliphatic heterocycles. The van der Waals surface area contributed by atoms with Crippen molar-refractivity contribution < 1.29 is 4.39 Å². The molecule has 0 radical (unpaired) electrons. The second-order valence-electron chi connectivity index (χ2n) is 6.77. The van der Waals surface area contributed by atoms with Crippen molar-refractivity contribution >= 4 is 11.2 Å². The standard InChI is InChI=1S/C22H19FN4O2/c1-3-12-26-21(28)19-20(27(22(26)29)18-10-8-17(23)9-11-18)24-14-25(19)13-16-7-5-4-6-15(16)2/h3-11,14H,1,12-13H2,2H3. The predicted octanol–water partition coefficient (Wildman–Crippen LogP) is 3.03. The molecule has 2 aromatic carbocycles. The molecule has 0 aliphatic carbocycles. The lowest BCUT2D eigenvalue weighted by atomic mass is 10.1. The predicted molar refractivity (Wildman–Crippen MR) is 110 cm³/mol. The first-order valence-electron chi connectivity index (χ1n) is 9.13. The average molecular weight is 390 g/mol. The monoisotopic (exact) mass is 390 g/mol. The van der Waals surface area contributed by atoms with Gasteiger partial charge in [0.05, 0.1) is 12.0 Å². The maximum atomic E-state index is 13.4. The number of allylic oxidation sites excluding steroid dienone is 1. The van der Waals surface area contributed by atoms with Crippen LogP contribution in [0.25, 0.3) is 16.9 Å². The molecular weight excluding hydrogens is 371 g/mol. The molecule has 0 unspecified atom stereocenters. The fraction of sp³-hybridized carbons (Fsp3) is 0.136. The largest absolute Gasteiger partial charge is 0.337 e. The Kier molecular flexibility index (Phi) is 4.72. The quantitative estimate of drug-likeness (QED) is 0.492. The van der Waals surface area contributed by atoms with Crippen LogP contribution in [0, 0.1) is 12.7 Å². The van der Waals surface area contributed by atoms with Crippen LogP contribution in [0.1, 0.15) is 11.1 Å². The molecule has 2 heterocycles. The highest BCUT2D eigenvalue weighted by Crippen LogP contribution is 2.16. The van der Waals surface area contributed by atoms with E-state index in [2.05, 4.69) is 11.6 Å². The second-order valence-corrected chi connectivity index (χ2v) is 6.77. The van der Waals surface area contributed by atoms with Crippen LogP contribution in [0.3, 0.4) is 0 Å². The van der Waals surface area contributed by atoms with Gasteiger partial charge >= 0.3 is 5.69 Å². The third-order valence-electron chi connectivity index (χ3n) is 4.90. The van der Waals surface area contributed by atoms with Crippen LogP contribution in [-0.4, -0.2) is 18.7 Å². The summed E-state index contributed by atoms with van der Waals surface area (Å²) in [4.78, 5) is 30.5. The van der Waals surface area contributed by atoms with Crippen LogP contribution in [0.5, 0.6) is 0 Å². The number of rotatable bonds is 5. The number of benzene rings is 2. The minimum Gasteiger partial charge on any atom is -0.320 e. The third kappa shape index (κ3) is 3.20. The maximum absolute atomic E-state index is 13.4. The highest BCUT2D eigenvalue weighted by molar-refractivity contribution is 5.72. The van der Waals surface area contributed by atoms with Crippen molar-refractivity contribution in [2.45, 2.75) is 20.0 Å². The summed E-state index contributed by atoms with van der Waals surface area (Å²) in [5, 5.41) is 0. The molecule has 4 rings (SSSR count). The summed E-state index contributed by atoms with van der Waals surface area (Å²) < 4.78 is 17.6. The summed E-state index contributed by atoms with van der Waals surface area (Å²) in [6.45, 7) is 6.14. The van der Waals surface area contributed by atoms with Gasteiger partial charge in [-0.3, -0.25) is 9.36 Å². The van der Waals surface area contributed by atoms with Gasteiger partial charge in [0.1, 0.15) is 5.82 Å². The molecule has 4 aromatic rings. The Morgan fingerprint density at radius 1 is 1.10 bits per heavy atom. The van der Waals surface area contributed by atoms with E-state index in [0.717, 1.165) is 15.7 Å². The van der Waals surface area contributed by atoms with Crippen LogP contribution in [0.2, 0.25) is 0 Å². The van der Waals surface area contributed by atoms with Crippen LogP contribution in [-0.2, 0) is 13.1 Å². The molecule has 0 atom stereocenters. The van der Waals surface area contributed by atoms with Crippen LogP contribution < -0.4 is 11.2 Å². The Labute approximate surface area is 165 Å². The van der Waals surface area contributed by atoms with E-state index in [1.807, 2.05) is 31.2 Å². The molecule has 29 heavy (non-hydrogen) atoms. The second kappa shape index (κ2) is 7.35. The molecule has 0 amide bonds. The summed E-state index contributed by atoms with van der Waals surface area (Å²) in [6.07, 6.45) is 3.04. The first-order valence-corrected chi connectivity index (χ1v) is 9.13. The van der Waals surface area contributed by atoms with Gasteiger partial charge in [0.15, 0.2) is 11.2 Å². The van der Waals surface area contributed by atoms with Crippen molar-refractivity contribution in [3.8, 4) is 5.69 Å². The Balaban J connectivity index is 2.01. The normalized spacial score (nSPS) is 11.1. The van der Waals surface area contributed by atoms with Gasteiger partial charge in [-0.1, -0.05) is 30.3 Å². The summed E-state index contributed by atoms with van der Waals surface area (Å²) in [7, 11) is 0. The molecule has 7 heteroatoms. The number of hydrogen-bond donors (Lipinski definition) is 0. The number of aromatic nitrogens is 4. The molecular formula is C22H19FN4O2. The van der Waals surface area contributed by atoms with E-state index in [1.54, 1.807) is 10.9 Å². The van der Waals surface area contributed by atoms with E-state index in [4.69, 9.17) is 0 Å². The van der Waals surface area contributed by atoms with Gasteiger partial charge in [-0.2, -0.15) is 0 Å². The number of nitrogens with zero attached hydrogens (tertiary/aromatic N) is 4. The van der Waals surface area contributed by atoms with E-state index < -0.39 is 17.1 Å². The van der Waals surface area contributed by atoms with E-state index in [1.165, 1.54) is 34.9 Å². The van der Waals surface area contributed by atoms with E-state index in [0.29, 0.717) is 17.7 Å². The molecule has 6 nitrogen and oxygen atoms in total. The van der Waals surface area contributed by atoms with Crippen molar-refractivity contribution in [1.29, 1.82) is 0 Å². The molecule has 146 valence electrons. The zero-order valence-electron chi connectivity index (χ0n) is 15.9. The average Bonchev–Trinajstić information content (AvgIpc) is 3.12. The lowest BCUT2D eigenvalue weighted by Gasteiger charge is -2.12. The maximum Gasteiger partial charge on any atom is 0.337 e. The van der Waals surface area contributed by atoms with Gasteiger partial charge in [0.2, 0.25) is 0 Å². The topological polar surface area (TPSA) is 61.8 Å². The molecule has 0 spiro atoms. The van der Waals surface area contributed by atoms with Crippen molar-refractivity contribution in [1.82, 2.24) is 18.7 Å². The molecule has 0 aliphatic rings. The van der Waals surface area contributed by atoms with Crippen molar-refractivity contribution in [3.63, 3.8) is 0 Å². The Morgan fingerprint density at radius 3 is 2.52 bits per heavy atom. The fourth-order valence-corrected chi connectivity index (χ4v) is 3.38. The third-order valence-corrected chi connectivity index (χ3v) is 4.90. The van der Waals surface area contributed by atoms with Crippen LogP contribution in [0.15, 0.2) is 77.1 Å². The summed E-state index contributed by atoms with van der Waals surface area (Å²) in [5.41, 5.74) is 2.12. The molecule has 0 fully saturated rings. The number of fused-ring (bicyclic) bond motifs is 1. The molecule has 0 N–H and O–H groups in total. The number of imidazole rings is 1. The zero-order chi connectivity index (χ0) is 20.5. The Hall–Kier alpha value is -3.74. The van der Waals surface area contributed by atoms with Crippen molar-refractivity contribution in [3.05, 3.63) is 105 Å². The van der Waals surface area contributed by atoms with Gasteiger partial charge in [0, 0.05) is 13.1 Å². The van der Waals surface area contributed by atoms with E-state index in [9.17, 15) is 14.0 Å². The minimum atomic E-state index is -0.546. The van der Waals surface area contributed by atoms with Gasteiger partial charge in [0.25, 0.3) is 5.56 Å². The van der Waals surface area contributed by atoms with Crippen LogP contribution in [0.4, 0.5) is 4.39 Å². The summed E-state index contributed by atoms with van der Waals surface area (Å²) in [5.74, 6) is -0.414. The van der Waals surface area contributed by atoms with Crippen LogP contribution >= 0.6 is 0 Å². The first kappa shape index (κ1) is 18.6. The zero-order valence-corrected chi connectivity index (χ0v) is 15.9. The van der Waals surface area contributed by atoms with Crippen molar-refractivity contribution in [2.75, 3.05) is 0 Å². The smallest absolute Gasteiger partial charge is 0.320 e. The van der Waals surface area contributed by atoms with Gasteiger partial charge in [-0.25, -0.2) is 18.7 Å². The van der Waals surface area contributed by atoms with E-state index >= 15 is 0 Å². The van der Waals surface area contributed by atoms with Gasteiger partial charge in [-0.15, -0.1) is 6.58 Å².